The topological polar surface area (TPSA) is 83.1 Å². The van der Waals surface area contributed by atoms with Gasteiger partial charge in [0.2, 0.25) is 11.8 Å². The Morgan fingerprint density at radius 1 is 1.29 bits per heavy atom. The molecule has 2 amide bonds. The van der Waals surface area contributed by atoms with E-state index >= 15 is 0 Å². The van der Waals surface area contributed by atoms with E-state index in [2.05, 4.69) is 16.8 Å². The number of benzene rings is 1. The molecule has 1 unspecified atom stereocenters. The van der Waals surface area contributed by atoms with E-state index in [1.165, 1.54) is 11.8 Å². The summed E-state index contributed by atoms with van der Waals surface area (Å²) >= 11 is 0. The van der Waals surface area contributed by atoms with Crippen molar-refractivity contribution in [3.8, 4) is 0 Å². The van der Waals surface area contributed by atoms with E-state index in [0.717, 1.165) is 23.1 Å². The second-order valence-electron chi connectivity index (χ2n) is 7.82. The standard InChI is InChI=1S/C25H27N3O3/c1-4-8-17(2)15-24(30)28(18(3)29)20-10-7-9-19(13-14-20)16-23-21-11-5-6-12-22(21)25(31)27-26-23/h4-7,9-12,14,17H,1,8,13,15-16H2,2-3H3,(H,27,31). The number of nitrogens with one attached hydrogen (secondary N) is 1. The molecule has 1 aromatic carbocycles. The molecule has 1 aliphatic rings. The fourth-order valence-corrected chi connectivity index (χ4v) is 3.73. The van der Waals surface area contributed by atoms with Crippen molar-refractivity contribution in [1.29, 1.82) is 0 Å². The number of amides is 2. The Labute approximate surface area is 181 Å². The summed E-state index contributed by atoms with van der Waals surface area (Å²) in [7, 11) is 0. The van der Waals surface area contributed by atoms with E-state index in [1.807, 2.05) is 43.4 Å². The van der Waals surface area contributed by atoms with Crippen molar-refractivity contribution in [3.05, 3.63) is 88.5 Å². The first kappa shape index (κ1) is 22.2. The summed E-state index contributed by atoms with van der Waals surface area (Å²) in [4.78, 5) is 38.3. The third-order valence-corrected chi connectivity index (χ3v) is 5.26. The van der Waals surface area contributed by atoms with Gasteiger partial charge in [-0.3, -0.25) is 19.3 Å². The van der Waals surface area contributed by atoms with Crippen molar-refractivity contribution in [3.63, 3.8) is 0 Å². The summed E-state index contributed by atoms with van der Waals surface area (Å²) in [6.45, 7) is 7.08. The number of nitrogens with zero attached hydrogens (tertiary/aromatic N) is 2. The van der Waals surface area contributed by atoms with Crippen molar-refractivity contribution in [2.45, 2.75) is 39.5 Å². The van der Waals surface area contributed by atoms with Crippen LogP contribution >= 0.6 is 0 Å². The molecule has 3 rings (SSSR count). The SMILES string of the molecule is C=CCC(C)CC(=O)N(C(C)=O)C1=CCC(Cc2n[nH]c(=O)c3ccccc23)=CC=C1. The van der Waals surface area contributed by atoms with Crippen molar-refractivity contribution >= 4 is 22.6 Å². The Kier molecular flexibility index (Phi) is 7.13. The highest BCUT2D eigenvalue weighted by atomic mass is 16.2. The molecule has 0 aliphatic heterocycles. The fraction of sp³-hybridized carbons (Fsp3) is 0.280. The van der Waals surface area contributed by atoms with Crippen molar-refractivity contribution in [2.24, 2.45) is 5.92 Å². The summed E-state index contributed by atoms with van der Waals surface area (Å²) in [5.41, 5.74) is 2.21. The van der Waals surface area contributed by atoms with Crippen molar-refractivity contribution in [2.75, 3.05) is 0 Å². The van der Waals surface area contributed by atoms with Gasteiger partial charge in [0.1, 0.15) is 0 Å². The van der Waals surface area contributed by atoms with E-state index in [4.69, 9.17) is 0 Å². The molecule has 0 radical (unpaired) electrons. The number of imide groups is 1. The van der Waals surface area contributed by atoms with Crippen LogP contribution in [0.15, 0.2) is 77.3 Å². The molecule has 1 heterocycles. The smallest absolute Gasteiger partial charge is 0.272 e. The predicted molar refractivity (Wildman–Crippen MR) is 122 cm³/mol. The molecule has 0 fully saturated rings. The summed E-state index contributed by atoms with van der Waals surface area (Å²) in [5, 5.41) is 8.23. The number of aromatic amines is 1. The van der Waals surface area contributed by atoms with Crippen LogP contribution in [0.5, 0.6) is 0 Å². The van der Waals surface area contributed by atoms with Crippen LogP contribution in [-0.4, -0.2) is 26.9 Å². The quantitative estimate of drug-likeness (QED) is 0.684. The number of hydrogen-bond acceptors (Lipinski definition) is 4. The molecule has 6 heteroatoms. The summed E-state index contributed by atoms with van der Waals surface area (Å²) in [5.74, 6) is -0.395. The van der Waals surface area contributed by atoms with E-state index in [0.29, 0.717) is 23.9 Å². The van der Waals surface area contributed by atoms with Crippen LogP contribution in [0.3, 0.4) is 0 Å². The highest BCUT2D eigenvalue weighted by Gasteiger charge is 2.23. The lowest BCUT2D eigenvalue weighted by molar-refractivity contribution is -0.141. The first-order chi connectivity index (χ1) is 14.9. The van der Waals surface area contributed by atoms with Gasteiger partial charge in [0, 0.05) is 30.8 Å². The van der Waals surface area contributed by atoms with Gasteiger partial charge >= 0.3 is 0 Å². The molecule has 1 aromatic heterocycles. The molecule has 160 valence electrons. The first-order valence-electron chi connectivity index (χ1n) is 10.4. The average Bonchev–Trinajstić information content (AvgIpc) is 2.96. The minimum absolute atomic E-state index is 0.121. The number of hydrogen-bond donors (Lipinski definition) is 1. The van der Waals surface area contributed by atoms with Crippen molar-refractivity contribution in [1.82, 2.24) is 15.1 Å². The molecule has 0 spiro atoms. The van der Waals surface area contributed by atoms with Gasteiger partial charge in [-0.25, -0.2) is 5.10 Å². The van der Waals surface area contributed by atoms with E-state index < -0.39 is 0 Å². The molecular weight excluding hydrogens is 390 g/mol. The summed E-state index contributed by atoms with van der Waals surface area (Å²) in [6, 6.07) is 7.38. The summed E-state index contributed by atoms with van der Waals surface area (Å²) < 4.78 is 0. The summed E-state index contributed by atoms with van der Waals surface area (Å²) in [6.07, 6.45) is 11.4. The van der Waals surface area contributed by atoms with Crippen LogP contribution < -0.4 is 5.56 Å². The molecular formula is C25H27N3O3. The second-order valence-corrected chi connectivity index (χ2v) is 7.82. The lowest BCUT2D eigenvalue weighted by Gasteiger charge is -2.22. The molecule has 0 saturated carbocycles. The molecule has 1 aliphatic carbocycles. The van der Waals surface area contributed by atoms with Gasteiger partial charge in [-0.15, -0.1) is 6.58 Å². The zero-order chi connectivity index (χ0) is 22.4. The monoisotopic (exact) mass is 417 g/mol. The molecule has 0 bridgehead atoms. The number of H-pyrrole nitrogens is 1. The Hall–Kier alpha value is -3.54. The van der Waals surface area contributed by atoms with E-state index in [1.54, 1.807) is 18.2 Å². The highest BCUT2D eigenvalue weighted by molar-refractivity contribution is 5.97. The van der Waals surface area contributed by atoms with Gasteiger partial charge in [0.15, 0.2) is 0 Å². The number of rotatable bonds is 7. The highest BCUT2D eigenvalue weighted by Crippen LogP contribution is 2.22. The molecule has 1 N–H and O–H groups in total. The zero-order valence-electron chi connectivity index (χ0n) is 17.9. The Morgan fingerprint density at radius 3 is 2.74 bits per heavy atom. The number of fused-ring (bicyclic) bond motifs is 1. The largest absolute Gasteiger partial charge is 0.274 e. The predicted octanol–water partition coefficient (Wildman–Crippen LogP) is 4.21. The zero-order valence-corrected chi connectivity index (χ0v) is 17.9. The molecule has 6 nitrogen and oxygen atoms in total. The lowest BCUT2D eigenvalue weighted by atomic mass is 10.0. The molecule has 0 saturated heterocycles. The van der Waals surface area contributed by atoms with Crippen LogP contribution in [0, 0.1) is 5.92 Å². The normalized spacial score (nSPS) is 14.4. The minimum Gasteiger partial charge on any atom is -0.274 e. The fourth-order valence-electron chi connectivity index (χ4n) is 3.73. The number of carbonyl (C=O) groups is 2. The molecule has 2 aromatic rings. The number of carbonyl (C=O) groups excluding carboxylic acids is 2. The first-order valence-corrected chi connectivity index (χ1v) is 10.4. The van der Waals surface area contributed by atoms with Crippen molar-refractivity contribution < 1.29 is 9.59 Å². The number of aromatic nitrogens is 2. The lowest BCUT2D eigenvalue weighted by Crippen LogP contribution is -2.34. The molecule has 31 heavy (non-hydrogen) atoms. The Balaban J connectivity index is 1.79. The van der Waals surface area contributed by atoms with Gasteiger partial charge < -0.3 is 0 Å². The minimum atomic E-state index is -0.302. The van der Waals surface area contributed by atoms with Gasteiger partial charge in [0.05, 0.1) is 11.1 Å². The van der Waals surface area contributed by atoms with Gasteiger partial charge in [0.25, 0.3) is 5.56 Å². The maximum Gasteiger partial charge on any atom is 0.272 e. The van der Waals surface area contributed by atoms with E-state index in [9.17, 15) is 14.4 Å². The third kappa shape index (κ3) is 5.34. The van der Waals surface area contributed by atoms with Gasteiger partial charge in [-0.05, 0) is 30.9 Å². The van der Waals surface area contributed by atoms with Crippen LogP contribution in [0.1, 0.15) is 38.8 Å². The average molecular weight is 418 g/mol. The number of allylic oxidation sites excluding steroid dienone is 6. The Bertz CT molecular complexity index is 1150. The van der Waals surface area contributed by atoms with Crippen LogP contribution in [-0.2, 0) is 16.0 Å². The molecule has 1 atom stereocenters. The maximum atomic E-state index is 12.8. The van der Waals surface area contributed by atoms with Gasteiger partial charge in [-0.2, -0.15) is 5.10 Å². The van der Waals surface area contributed by atoms with Crippen LogP contribution in [0.4, 0.5) is 0 Å². The van der Waals surface area contributed by atoms with Crippen LogP contribution in [0.2, 0.25) is 0 Å². The van der Waals surface area contributed by atoms with Crippen LogP contribution in [0.25, 0.3) is 10.8 Å². The Morgan fingerprint density at radius 2 is 2.03 bits per heavy atom. The second kappa shape index (κ2) is 9.98. The van der Waals surface area contributed by atoms with Gasteiger partial charge in [-0.1, -0.05) is 55.0 Å². The van der Waals surface area contributed by atoms with E-state index in [-0.39, 0.29) is 29.7 Å². The maximum absolute atomic E-state index is 12.8. The third-order valence-electron chi connectivity index (χ3n) is 5.26.